The molecule has 5 heteroatoms. The van der Waals surface area contributed by atoms with E-state index >= 15 is 0 Å². The summed E-state index contributed by atoms with van der Waals surface area (Å²) in [5, 5.41) is 9.18. The van der Waals surface area contributed by atoms with Gasteiger partial charge in [0, 0.05) is 6.08 Å². The van der Waals surface area contributed by atoms with Crippen molar-refractivity contribution in [2.75, 3.05) is 20.8 Å². The van der Waals surface area contributed by atoms with Crippen molar-refractivity contribution in [2.24, 2.45) is 0 Å². The van der Waals surface area contributed by atoms with Gasteiger partial charge in [-0.25, -0.2) is 4.79 Å². The third-order valence-electron chi connectivity index (χ3n) is 2.38. The standard InChI is InChI=1S/C14H15NO4/c1-4-19-13(16)8-6-10-5-7-12(17-2)14(18-3)11(10)9-15/h5-8H,4H2,1-3H3/b8-6+. The Morgan fingerprint density at radius 2 is 2.11 bits per heavy atom. The molecule has 0 N–H and O–H groups in total. The lowest BCUT2D eigenvalue weighted by atomic mass is 10.1. The van der Waals surface area contributed by atoms with Crippen LogP contribution in [0.4, 0.5) is 0 Å². The minimum Gasteiger partial charge on any atom is -0.493 e. The van der Waals surface area contributed by atoms with Crippen LogP contribution in [0.3, 0.4) is 0 Å². The molecule has 0 heterocycles. The molecule has 0 bridgehead atoms. The molecule has 0 spiro atoms. The van der Waals surface area contributed by atoms with Crippen LogP contribution in [0.15, 0.2) is 18.2 Å². The second-order valence-electron chi connectivity index (χ2n) is 3.46. The lowest BCUT2D eigenvalue weighted by Gasteiger charge is -2.10. The summed E-state index contributed by atoms with van der Waals surface area (Å²) in [6.07, 6.45) is 2.78. The molecule has 1 rings (SSSR count). The zero-order chi connectivity index (χ0) is 14.3. The number of hydrogen-bond acceptors (Lipinski definition) is 5. The summed E-state index contributed by atoms with van der Waals surface area (Å²) >= 11 is 0. The van der Waals surface area contributed by atoms with Gasteiger partial charge in [0.15, 0.2) is 11.5 Å². The van der Waals surface area contributed by atoms with Crippen LogP contribution in [0.1, 0.15) is 18.1 Å². The molecule has 1 aromatic rings. The van der Waals surface area contributed by atoms with Gasteiger partial charge >= 0.3 is 5.97 Å². The lowest BCUT2D eigenvalue weighted by Crippen LogP contribution is -1.99. The maximum atomic E-state index is 11.2. The molecule has 0 atom stereocenters. The number of hydrogen-bond donors (Lipinski definition) is 0. The van der Waals surface area contributed by atoms with Crippen LogP contribution in [0.2, 0.25) is 0 Å². The third-order valence-corrected chi connectivity index (χ3v) is 2.38. The SMILES string of the molecule is CCOC(=O)/C=C/c1ccc(OC)c(OC)c1C#N. The Bertz CT molecular complexity index is 529. The van der Waals surface area contributed by atoms with Crippen molar-refractivity contribution in [2.45, 2.75) is 6.92 Å². The Labute approximate surface area is 112 Å². The van der Waals surface area contributed by atoms with E-state index in [2.05, 4.69) is 0 Å². The van der Waals surface area contributed by atoms with E-state index in [4.69, 9.17) is 14.2 Å². The topological polar surface area (TPSA) is 68.6 Å². The van der Waals surface area contributed by atoms with Crippen LogP contribution in [0.5, 0.6) is 11.5 Å². The van der Waals surface area contributed by atoms with E-state index < -0.39 is 5.97 Å². The zero-order valence-corrected chi connectivity index (χ0v) is 11.1. The van der Waals surface area contributed by atoms with E-state index in [9.17, 15) is 10.1 Å². The summed E-state index contributed by atoms with van der Waals surface area (Å²) in [5.74, 6) is 0.351. The van der Waals surface area contributed by atoms with Crippen molar-refractivity contribution in [3.8, 4) is 17.6 Å². The van der Waals surface area contributed by atoms with Gasteiger partial charge in [-0.1, -0.05) is 0 Å². The van der Waals surface area contributed by atoms with Crippen LogP contribution in [0, 0.1) is 11.3 Å². The number of methoxy groups -OCH3 is 2. The molecule has 0 aliphatic carbocycles. The number of rotatable bonds is 5. The molecule has 100 valence electrons. The van der Waals surface area contributed by atoms with E-state index in [-0.39, 0.29) is 0 Å². The number of nitrogens with zero attached hydrogens (tertiary/aromatic N) is 1. The molecule has 0 radical (unpaired) electrons. The number of carbonyl (C=O) groups is 1. The fourth-order valence-electron chi connectivity index (χ4n) is 1.54. The summed E-state index contributed by atoms with van der Waals surface area (Å²) in [7, 11) is 2.95. The van der Waals surface area contributed by atoms with Gasteiger partial charge in [0.05, 0.1) is 20.8 Å². The summed E-state index contributed by atoms with van der Waals surface area (Å²) < 4.78 is 15.0. The molecule has 1 aromatic carbocycles. The maximum absolute atomic E-state index is 11.2. The number of esters is 1. The van der Waals surface area contributed by atoms with Gasteiger partial charge in [0.25, 0.3) is 0 Å². The maximum Gasteiger partial charge on any atom is 0.330 e. The predicted octanol–water partition coefficient (Wildman–Crippen LogP) is 2.15. The minimum absolute atomic E-state index is 0.306. The Morgan fingerprint density at radius 3 is 2.63 bits per heavy atom. The quantitative estimate of drug-likeness (QED) is 0.600. The van der Waals surface area contributed by atoms with E-state index in [0.717, 1.165) is 0 Å². The fraction of sp³-hybridized carbons (Fsp3) is 0.286. The fourth-order valence-corrected chi connectivity index (χ4v) is 1.54. The molecule has 0 aliphatic rings. The molecule has 0 amide bonds. The van der Waals surface area contributed by atoms with Gasteiger partial charge in [0.1, 0.15) is 11.6 Å². The first-order valence-electron chi connectivity index (χ1n) is 5.67. The molecule has 0 fully saturated rings. The van der Waals surface area contributed by atoms with Crippen molar-refractivity contribution < 1.29 is 19.0 Å². The summed E-state index contributed by atoms with van der Waals surface area (Å²) in [5.41, 5.74) is 0.871. The normalized spacial score (nSPS) is 10.0. The van der Waals surface area contributed by atoms with Crippen LogP contribution in [-0.4, -0.2) is 26.8 Å². The molecule has 19 heavy (non-hydrogen) atoms. The van der Waals surface area contributed by atoms with Crippen molar-refractivity contribution in [3.05, 3.63) is 29.3 Å². The molecule has 0 aromatic heterocycles. The van der Waals surface area contributed by atoms with E-state index in [1.807, 2.05) is 6.07 Å². The highest BCUT2D eigenvalue weighted by Crippen LogP contribution is 2.33. The Hall–Kier alpha value is -2.48. The first kappa shape index (κ1) is 14.6. The Balaban J connectivity index is 3.16. The predicted molar refractivity (Wildman–Crippen MR) is 69.9 cm³/mol. The van der Waals surface area contributed by atoms with Gasteiger partial charge < -0.3 is 14.2 Å². The van der Waals surface area contributed by atoms with E-state index in [1.54, 1.807) is 19.1 Å². The largest absolute Gasteiger partial charge is 0.493 e. The van der Waals surface area contributed by atoms with Crippen molar-refractivity contribution in [1.82, 2.24) is 0 Å². The van der Waals surface area contributed by atoms with Crippen molar-refractivity contribution >= 4 is 12.0 Å². The minimum atomic E-state index is -0.457. The van der Waals surface area contributed by atoms with Gasteiger partial charge in [-0.2, -0.15) is 5.26 Å². The smallest absolute Gasteiger partial charge is 0.330 e. The number of benzene rings is 1. The first-order valence-corrected chi connectivity index (χ1v) is 5.67. The summed E-state index contributed by atoms with van der Waals surface area (Å²) in [6.45, 7) is 2.03. The molecule has 0 unspecified atom stereocenters. The highest BCUT2D eigenvalue weighted by atomic mass is 16.5. The van der Waals surface area contributed by atoms with Crippen LogP contribution < -0.4 is 9.47 Å². The Morgan fingerprint density at radius 1 is 1.37 bits per heavy atom. The number of ether oxygens (including phenoxy) is 3. The van der Waals surface area contributed by atoms with Crippen LogP contribution in [0.25, 0.3) is 6.08 Å². The second kappa shape index (κ2) is 7.07. The van der Waals surface area contributed by atoms with Crippen molar-refractivity contribution in [1.29, 1.82) is 5.26 Å². The number of nitriles is 1. The molecule has 0 aliphatic heterocycles. The molecular weight excluding hydrogens is 246 g/mol. The Kier molecular flexibility index (Phi) is 5.42. The number of carbonyl (C=O) groups excluding carboxylic acids is 1. The first-order chi connectivity index (χ1) is 9.17. The monoisotopic (exact) mass is 261 g/mol. The molecule has 5 nitrogen and oxygen atoms in total. The third kappa shape index (κ3) is 3.49. The van der Waals surface area contributed by atoms with Gasteiger partial charge in [-0.3, -0.25) is 0 Å². The molecule has 0 saturated carbocycles. The van der Waals surface area contributed by atoms with E-state index in [0.29, 0.717) is 29.2 Å². The average molecular weight is 261 g/mol. The molecule has 0 saturated heterocycles. The van der Waals surface area contributed by atoms with Gasteiger partial charge in [0.2, 0.25) is 0 Å². The van der Waals surface area contributed by atoms with Crippen molar-refractivity contribution in [3.63, 3.8) is 0 Å². The highest BCUT2D eigenvalue weighted by molar-refractivity contribution is 5.88. The molecular formula is C14H15NO4. The zero-order valence-electron chi connectivity index (χ0n) is 11.1. The second-order valence-corrected chi connectivity index (χ2v) is 3.46. The van der Waals surface area contributed by atoms with E-state index in [1.165, 1.54) is 26.4 Å². The van der Waals surface area contributed by atoms with Gasteiger partial charge in [-0.15, -0.1) is 0 Å². The van der Waals surface area contributed by atoms with Crippen LogP contribution >= 0.6 is 0 Å². The summed E-state index contributed by atoms with van der Waals surface area (Å²) in [6, 6.07) is 5.38. The average Bonchev–Trinajstić information content (AvgIpc) is 2.43. The highest BCUT2D eigenvalue weighted by Gasteiger charge is 2.13. The summed E-state index contributed by atoms with van der Waals surface area (Å²) in [4.78, 5) is 11.2. The van der Waals surface area contributed by atoms with Gasteiger partial charge in [-0.05, 0) is 30.7 Å². The van der Waals surface area contributed by atoms with Crippen LogP contribution in [-0.2, 0) is 9.53 Å². The lowest BCUT2D eigenvalue weighted by molar-refractivity contribution is -0.137.